The Morgan fingerprint density at radius 3 is 2.11 bits per heavy atom. The van der Waals surface area contributed by atoms with E-state index in [9.17, 15) is 25.3 Å². The van der Waals surface area contributed by atoms with Crippen LogP contribution < -0.4 is 4.72 Å². The van der Waals surface area contributed by atoms with E-state index in [4.69, 9.17) is 0 Å². The first-order chi connectivity index (χ1) is 12.6. The zero-order chi connectivity index (χ0) is 19.7. The highest BCUT2D eigenvalue weighted by molar-refractivity contribution is 7.96. The van der Waals surface area contributed by atoms with E-state index in [-0.39, 0.29) is 28.0 Å². The molecule has 0 bridgehead atoms. The van der Waals surface area contributed by atoms with Crippen molar-refractivity contribution in [2.24, 2.45) is 0 Å². The molecular formula is C17H25NO6S3. The first-order valence-corrected chi connectivity index (χ1v) is 14.0. The monoisotopic (exact) mass is 435 g/mol. The number of nitrogens with one attached hydrogen (secondary N) is 1. The van der Waals surface area contributed by atoms with Crippen LogP contribution in [0.2, 0.25) is 0 Å². The fourth-order valence-corrected chi connectivity index (χ4v) is 9.53. The molecule has 1 saturated carbocycles. The second-order valence-electron chi connectivity index (χ2n) is 7.35. The van der Waals surface area contributed by atoms with Gasteiger partial charge in [-0.15, -0.1) is 0 Å². The Morgan fingerprint density at radius 2 is 1.52 bits per heavy atom. The molecule has 1 aromatic rings. The summed E-state index contributed by atoms with van der Waals surface area (Å²) in [6.45, 7) is 0. The smallest absolute Gasteiger partial charge is 0.229 e. The molecule has 0 radical (unpaired) electrons. The van der Waals surface area contributed by atoms with Crippen molar-refractivity contribution in [2.75, 3.05) is 11.5 Å². The average molecular weight is 436 g/mol. The van der Waals surface area contributed by atoms with Gasteiger partial charge in [0.1, 0.15) is 0 Å². The number of hydrogen-bond donors (Lipinski definition) is 1. The highest BCUT2D eigenvalue weighted by atomic mass is 32.2. The molecule has 10 heteroatoms. The Morgan fingerprint density at radius 1 is 0.889 bits per heavy atom. The van der Waals surface area contributed by atoms with Crippen molar-refractivity contribution in [1.82, 2.24) is 4.72 Å². The molecule has 1 atom stereocenters. The number of sulfonamides is 1. The van der Waals surface area contributed by atoms with Gasteiger partial charge in [0.05, 0.1) is 26.5 Å². The van der Waals surface area contributed by atoms with E-state index in [1.165, 1.54) is 18.2 Å². The summed E-state index contributed by atoms with van der Waals surface area (Å²) in [7, 11) is -11.1. The number of hydrogen-bond acceptors (Lipinski definition) is 6. The van der Waals surface area contributed by atoms with Crippen LogP contribution in [0.3, 0.4) is 0 Å². The van der Waals surface area contributed by atoms with Crippen molar-refractivity contribution in [3.63, 3.8) is 0 Å². The molecule has 1 heterocycles. The van der Waals surface area contributed by atoms with Gasteiger partial charge >= 0.3 is 0 Å². The Labute approximate surface area is 161 Å². The molecule has 1 aliphatic heterocycles. The van der Waals surface area contributed by atoms with Crippen LogP contribution >= 0.6 is 0 Å². The van der Waals surface area contributed by atoms with E-state index in [0.717, 1.165) is 44.6 Å². The molecule has 0 aromatic heterocycles. The van der Waals surface area contributed by atoms with E-state index in [1.807, 2.05) is 0 Å². The molecule has 2 aliphatic rings. The second-order valence-corrected chi connectivity index (χ2v) is 13.5. The lowest BCUT2D eigenvalue weighted by molar-refractivity contribution is 0.510. The third-order valence-corrected chi connectivity index (χ3v) is 10.9. The summed E-state index contributed by atoms with van der Waals surface area (Å²) in [6, 6.07) is 5.07. The van der Waals surface area contributed by atoms with Crippen LogP contribution in [0.15, 0.2) is 34.1 Å². The van der Waals surface area contributed by atoms with Gasteiger partial charge in [0.2, 0.25) is 10.0 Å². The first-order valence-electron chi connectivity index (χ1n) is 9.17. The second kappa shape index (κ2) is 7.81. The van der Waals surface area contributed by atoms with Crippen molar-refractivity contribution in [1.29, 1.82) is 0 Å². The Hall–Kier alpha value is -0.970. The standard InChI is InChI=1S/C17H25NO6S3/c19-25(20)11-10-17(13-25)26(21,22)15-8-5-9-16(12-15)27(23,24)18-14-6-3-1-2-4-7-14/h5,8-9,12,14,17-18H,1-4,6-7,10-11,13H2. The van der Waals surface area contributed by atoms with E-state index < -0.39 is 40.7 Å². The van der Waals surface area contributed by atoms with Gasteiger partial charge in [0, 0.05) is 6.04 Å². The summed E-state index contributed by atoms with van der Waals surface area (Å²) in [5.74, 6) is -0.565. The zero-order valence-corrected chi connectivity index (χ0v) is 17.5. The van der Waals surface area contributed by atoms with Gasteiger partial charge in [-0.25, -0.2) is 30.0 Å². The van der Waals surface area contributed by atoms with Crippen LogP contribution in [0.1, 0.15) is 44.9 Å². The predicted molar refractivity (Wildman–Crippen MR) is 102 cm³/mol. The quantitative estimate of drug-likeness (QED) is 0.703. The summed E-state index contributed by atoms with van der Waals surface area (Å²) in [4.78, 5) is -0.248. The van der Waals surface area contributed by atoms with Gasteiger partial charge in [-0.2, -0.15) is 0 Å². The lowest BCUT2D eigenvalue weighted by atomic mass is 10.1. The summed E-state index contributed by atoms with van der Waals surface area (Å²) >= 11 is 0. The summed E-state index contributed by atoms with van der Waals surface area (Å²) in [5.41, 5.74) is 0. The van der Waals surface area contributed by atoms with Crippen LogP contribution in [0, 0.1) is 0 Å². The minimum Gasteiger partial charge on any atom is -0.229 e. The van der Waals surface area contributed by atoms with E-state index >= 15 is 0 Å². The molecule has 1 N–H and O–H groups in total. The van der Waals surface area contributed by atoms with E-state index in [0.29, 0.717) is 0 Å². The molecule has 1 aliphatic carbocycles. The maximum Gasteiger partial charge on any atom is 0.240 e. The topological polar surface area (TPSA) is 114 Å². The third-order valence-electron chi connectivity index (χ3n) is 5.25. The maximum atomic E-state index is 12.8. The van der Waals surface area contributed by atoms with Gasteiger partial charge in [0.15, 0.2) is 19.7 Å². The SMILES string of the molecule is O=S1(=O)CCC(S(=O)(=O)c2cccc(S(=O)(=O)NC3CCCCCC3)c2)C1. The van der Waals surface area contributed by atoms with Crippen molar-refractivity contribution >= 4 is 29.7 Å². The van der Waals surface area contributed by atoms with Gasteiger partial charge in [-0.05, 0) is 37.5 Å². The van der Waals surface area contributed by atoms with Gasteiger partial charge < -0.3 is 0 Å². The molecule has 152 valence electrons. The van der Waals surface area contributed by atoms with E-state index in [2.05, 4.69) is 4.72 Å². The van der Waals surface area contributed by atoms with Crippen molar-refractivity contribution in [3.05, 3.63) is 24.3 Å². The third kappa shape index (κ3) is 4.90. The van der Waals surface area contributed by atoms with Crippen molar-refractivity contribution in [3.8, 4) is 0 Å². The molecule has 0 amide bonds. The van der Waals surface area contributed by atoms with Gasteiger partial charge in [0.25, 0.3) is 0 Å². The maximum absolute atomic E-state index is 12.8. The van der Waals surface area contributed by atoms with Gasteiger partial charge in [-0.3, -0.25) is 0 Å². The molecule has 1 aromatic carbocycles. The summed E-state index contributed by atoms with van der Waals surface area (Å²) in [6.07, 6.45) is 5.72. The minimum atomic E-state index is -3.90. The predicted octanol–water partition coefficient (Wildman–Crippen LogP) is 1.65. The van der Waals surface area contributed by atoms with Gasteiger partial charge in [-0.1, -0.05) is 31.7 Å². The normalized spacial score (nSPS) is 24.5. The lowest BCUT2D eigenvalue weighted by Gasteiger charge is -2.17. The van der Waals surface area contributed by atoms with Crippen molar-refractivity contribution in [2.45, 2.75) is 66.0 Å². The molecule has 1 unspecified atom stereocenters. The Balaban J connectivity index is 1.84. The highest BCUT2D eigenvalue weighted by Gasteiger charge is 2.38. The average Bonchev–Trinajstić information content (AvgIpc) is 2.80. The summed E-state index contributed by atoms with van der Waals surface area (Å²) < 4.78 is 76.9. The molecule has 2 fully saturated rings. The minimum absolute atomic E-state index is 0.0436. The fourth-order valence-electron chi connectivity index (χ4n) is 3.70. The molecule has 7 nitrogen and oxygen atoms in total. The van der Waals surface area contributed by atoms with Crippen molar-refractivity contribution < 1.29 is 25.3 Å². The van der Waals surface area contributed by atoms with Crippen LogP contribution in [0.4, 0.5) is 0 Å². The molecule has 1 saturated heterocycles. The Bertz CT molecular complexity index is 991. The largest absolute Gasteiger partial charge is 0.240 e. The molecule has 27 heavy (non-hydrogen) atoms. The molecule has 0 spiro atoms. The number of sulfone groups is 2. The Kier molecular flexibility index (Phi) is 6.00. The van der Waals surface area contributed by atoms with Crippen LogP contribution in [0.5, 0.6) is 0 Å². The lowest BCUT2D eigenvalue weighted by Crippen LogP contribution is -2.34. The molecule has 3 rings (SSSR count). The highest BCUT2D eigenvalue weighted by Crippen LogP contribution is 2.27. The number of rotatable bonds is 5. The van der Waals surface area contributed by atoms with E-state index in [1.54, 1.807) is 0 Å². The molecular weight excluding hydrogens is 410 g/mol. The van der Waals surface area contributed by atoms with Crippen LogP contribution in [-0.2, 0) is 29.7 Å². The van der Waals surface area contributed by atoms with Crippen LogP contribution in [0.25, 0.3) is 0 Å². The summed E-state index contributed by atoms with van der Waals surface area (Å²) in [5, 5.41) is -1.02. The zero-order valence-electron chi connectivity index (χ0n) is 15.0. The number of benzene rings is 1. The fraction of sp³-hybridized carbons (Fsp3) is 0.647. The first kappa shape index (κ1) is 20.8. The van der Waals surface area contributed by atoms with Crippen LogP contribution in [-0.4, -0.2) is 48.1 Å².